The van der Waals surface area contributed by atoms with Crippen molar-refractivity contribution in [1.82, 2.24) is 4.98 Å². The van der Waals surface area contributed by atoms with Crippen molar-refractivity contribution in [3.63, 3.8) is 0 Å². The molecule has 1 unspecified atom stereocenters. The molecule has 1 N–H and O–H groups in total. The minimum Gasteiger partial charge on any atom is -0.497 e. The van der Waals surface area contributed by atoms with E-state index in [2.05, 4.69) is 33.0 Å². The molecule has 4 rings (SSSR count). The van der Waals surface area contributed by atoms with E-state index in [1.54, 1.807) is 12.5 Å². The van der Waals surface area contributed by atoms with Crippen molar-refractivity contribution >= 4 is 38.1 Å². The van der Waals surface area contributed by atoms with Crippen LogP contribution in [0.25, 0.3) is 0 Å². The van der Waals surface area contributed by atoms with Crippen LogP contribution in [-0.2, 0) is 0 Å². The quantitative estimate of drug-likeness (QED) is 0.635. The summed E-state index contributed by atoms with van der Waals surface area (Å²) in [6.07, 6.45) is 0.758. The van der Waals surface area contributed by atoms with Gasteiger partial charge in [-0.15, -0.1) is 0 Å². The lowest BCUT2D eigenvalue weighted by Gasteiger charge is -2.21. The van der Waals surface area contributed by atoms with Gasteiger partial charge in [-0.1, -0.05) is 51.5 Å². The highest BCUT2D eigenvalue weighted by Crippen LogP contribution is 2.39. The van der Waals surface area contributed by atoms with Crippen LogP contribution < -0.4 is 9.75 Å². The Kier molecular flexibility index (Phi) is 4.65. The second-order valence-corrected chi connectivity index (χ2v) is 7.63. The number of hydrogen-bond donors (Lipinski definition) is 1. The standard InChI is InChI=1S/C19H16BrN3O2S/c1-25-15-8-4-13(5-9-15)17-10-16(12-2-6-14(20)7-3-12)22-23(17)19-21-18(24)11-26-19/h2-9,11,17,24H,10H2,1H3. The number of hydrogen-bond acceptors (Lipinski definition) is 6. The zero-order chi connectivity index (χ0) is 18.1. The molecule has 0 fully saturated rings. The summed E-state index contributed by atoms with van der Waals surface area (Å²) in [6.45, 7) is 0. The van der Waals surface area contributed by atoms with E-state index >= 15 is 0 Å². The molecule has 2 aromatic carbocycles. The third kappa shape index (κ3) is 3.32. The highest BCUT2D eigenvalue weighted by atomic mass is 79.9. The van der Waals surface area contributed by atoms with Crippen LogP contribution in [0.1, 0.15) is 23.6 Å². The fourth-order valence-electron chi connectivity index (χ4n) is 2.95. The molecule has 0 radical (unpaired) electrons. The number of thiazole rings is 1. The molecule has 1 atom stereocenters. The maximum Gasteiger partial charge on any atom is 0.223 e. The van der Waals surface area contributed by atoms with Gasteiger partial charge in [-0.25, -0.2) is 5.01 Å². The van der Waals surface area contributed by atoms with Crippen molar-refractivity contribution in [3.8, 4) is 11.6 Å². The van der Waals surface area contributed by atoms with E-state index in [9.17, 15) is 5.11 Å². The molecule has 0 amide bonds. The van der Waals surface area contributed by atoms with Crippen molar-refractivity contribution in [2.75, 3.05) is 12.1 Å². The third-order valence-corrected chi connectivity index (χ3v) is 5.61. The lowest BCUT2D eigenvalue weighted by Crippen LogP contribution is -2.18. The average Bonchev–Trinajstić information content (AvgIpc) is 3.29. The summed E-state index contributed by atoms with van der Waals surface area (Å²) in [5, 5.41) is 18.7. The molecular weight excluding hydrogens is 414 g/mol. The van der Waals surface area contributed by atoms with Crippen LogP contribution in [-0.4, -0.2) is 22.9 Å². The average molecular weight is 430 g/mol. The van der Waals surface area contributed by atoms with E-state index < -0.39 is 0 Å². The number of rotatable bonds is 4. The van der Waals surface area contributed by atoms with Gasteiger partial charge in [-0.05, 0) is 35.4 Å². The summed E-state index contributed by atoms with van der Waals surface area (Å²) >= 11 is 4.85. The SMILES string of the molecule is COc1ccc(C2CC(c3ccc(Br)cc3)=NN2c2nc(O)cs2)cc1. The summed E-state index contributed by atoms with van der Waals surface area (Å²) in [4.78, 5) is 4.21. The summed E-state index contributed by atoms with van der Waals surface area (Å²) < 4.78 is 6.29. The molecule has 0 bridgehead atoms. The molecule has 7 heteroatoms. The number of benzene rings is 2. The van der Waals surface area contributed by atoms with Gasteiger partial charge in [-0.2, -0.15) is 10.1 Å². The molecule has 132 valence electrons. The van der Waals surface area contributed by atoms with Crippen LogP contribution in [0, 0.1) is 0 Å². The lowest BCUT2D eigenvalue weighted by molar-refractivity contribution is 0.414. The Morgan fingerprint density at radius 2 is 1.88 bits per heavy atom. The van der Waals surface area contributed by atoms with Crippen LogP contribution in [0.5, 0.6) is 11.6 Å². The molecule has 1 aliphatic heterocycles. The van der Waals surface area contributed by atoms with Crippen molar-refractivity contribution in [3.05, 3.63) is 69.5 Å². The first kappa shape index (κ1) is 17.1. The zero-order valence-electron chi connectivity index (χ0n) is 14.0. The molecule has 3 aromatic rings. The molecule has 1 aliphatic rings. The fraction of sp³-hybridized carbons (Fsp3) is 0.158. The van der Waals surface area contributed by atoms with E-state index in [-0.39, 0.29) is 11.9 Å². The first-order valence-electron chi connectivity index (χ1n) is 8.05. The number of nitrogens with zero attached hydrogens (tertiary/aromatic N) is 3. The molecule has 0 saturated carbocycles. The Balaban J connectivity index is 1.71. The van der Waals surface area contributed by atoms with Crippen LogP contribution >= 0.6 is 27.3 Å². The number of hydrazone groups is 1. The highest BCUT2D eigenvalue weighted by Gasteiger charge is 2.31. The monoisotopic (exact) mass is 429 g/mol. The highest BCUT2D eigenvalue weighted by molar-refractivity contribution is 9.10. The molecule has 0 spiro atoms. The Hall–Kier alpha value is -2.38. The summed E-state index contributed by atoms with van der Waals surface area (Å²) in [5.74, 6) is 0.838. The van der Waals surface area contributed by atoms with E-state index in [1.165, 1.54) is 11.3 Å². The van der Waals surface area contributed by atoms with E-state index in [1.807, 2.05) is 41.4 Å². The topological polar surface area (TPSA) is 58.0 Å². The van der Waals surface area contributed by atoms with Crippen molar-refractivity contribution < 1.29 is 9.84 Å². The number of aromatic nitrogens is 1. The Bertz CT molecular complexity index is 938. The van der Waals surface area contributed by atoms with Gasteiger partial charge in [0, 0.05) is 10.9 Å². The second-order valence-electron chi connectivity index (χ2n) is 5.88. The van der Waals surface area contributed by atoms with Crippen molar-refractivity contribution in [2.24, 2.45) is 5.10 Å². The van der Waals surface area contributed by atoms with E-state index in [4.69, 9.17) is 9.84 Å². The number of methoxy groups -OCH3 is 1. The van der Waals surface area contributed by atoms with Gasteiger partial charge in [0.1, 0.15) is 5.75 Å². The fourth-order valence-corrected chi connectivity index (χ4v) is 3.90. The van der Waals surface area contributed by atoms with E-state index in [0.717, 1.165) is 33.5 Å². The Labute approximate surface area is 163 Å². The van der Waals surface area contributed by atoms with Gasteiger partial charge < -0.3 is 9.84 Å². The first-order chi connectivity index (χ1) is 12.6. The molecular formula is C19H16BrN3O2S. The summed E-state index contributed by atoms with van der Waals surface area (Å²) in [5.41, 5.74) is 3.19. The number of aromatic hydroxyl groups is 1. The minimum atomic E-state index is 0.0186. The predicted molar refractivity (Wildman–Crippen MR) is 107 cm³/mol. The number of ether oxygens (including phenoxy) is 1. The van der Waals surface area contributed by atoms with Crippen LogP contribution in [0.4, 0.5) is 5.13 Å². The predicted octanol–water partition coefficient (Wildman–Crippen LogP) is 4.98. The van der Waals surface area contributed by atoms with Crippen molar-refractivity contribution in [2.45, 2.75) is 12.5 Å². The van der Waals surface area contributed by atoms with Gasteiger partial charge in [0.15, 0.2) is 0 Å². The molecule has 0 aliphatic carbocycles. The van der Waals surface area contributed by atoms with Crippen LogP contribution in [0.2, 0.25) is 0 Å². The van der Waals surface area contributed by atoms with Gasteiger partial charge in [0.05, 0.1) is 24.2 Å². The normalized spacial score (nSPS) is 16.6. The van der Waals surface area contributed by atoms with Crippen LogP contribution in [0.15, 0.2) is 63.5 Å². The molecule has 1 aromatic heterocycles. The Morgan fingerprint density at radius 1 is 1.15 bits per heavy atom. The van der Waals surface area contributed by atoms with Gasteiger partial charge >= 0.3 is 0 Å². The summed E-state index contributed by atoms with van der Waals surface area (Å²) in [6, 6.07) is 16.1. The van der Waals surface area contributed by atoms with Gasteiger partial charge in [0.25, 0.3) is 0 Å². The molecule has 0 saturated heterocycles. The number of halogens is 1. The molecule has 2 heterocycles. The van der Waals surface area contributed by atoms with Crippen LogP contribution in [0.3, 0.4) is 0 Å². The number of anilines is 1. The lowest BCUT2D eigenvalue weighted by atomic mass is 9.98. The van der Waals surface area contributed by atoms with E-state index in [0.29, 0.717) is 5.13 Å². The third-order valence-electron chi connectivity index (χ3n) is 4.26. The first-order valence-corrected chi connectivity index (χ1v) is 9.72. The minimum absolute atomic E-state index is 0.0186. The smallest absolute Gasteiger partial charge is 0.223 e. The maximum atomic E-state index is 9.65. The largest absolute Gasteiger partial charge is 0.497 e. The van der Waals surface area contributed by atoms with Gasteiger partial charge in [-0.3, -0.25) is 0 Å². The second kappa shape index (κ2) is 7.09. The maximum absolute atomic E-state index is 9.65. The molecule has 5 nitrogen and oxygen atoms in total. The van der Waals surface area contributed by atoms with Gasteiger partial charge in [0.2, 0.25) is 11.0 Å². The summed E-state index contributed by atoms with van der Waals surface area (Å²) in [7, 11) is 1.66. The zero-order valence-corrected chi connectivity index (χ0v) is 16.4. The Morgan fingerprint density at radius 3 is 2.50 bits per heavy atom. The van der Waals surface area contributed by atoms with Crippen molar-refractivity contribution in [1.29, 1.82) is 0 Å². The molecule has 26 heavy (non-hydrogen) atoms.